The number of hydrogen-bond donors (Lipinski definition) is 0. The molecule has 1 aromatic rings. The highest BCUT2D eigenvalue weighted by atomic mass is 35.5. The molecule has 1 aliphatic rings. The van der Waals surface area contributed by atoms with Gasteiger partial charge in [-0.25, -0.2) is 0 Å². The summed E-state index contributed by atoms with van der Waals surface area (Å²) >= 11 is 6.18. The van der Waals surface area contributed by atoms with Crippen LogP contribution in [-0.2, 0) is 6.42 Å². The maximum atomic E-state index is 6.18. The van der Waals surface area contributed by atoms with E-state index in [0.717, 1.165) is 18.7 Å². The molecule has 90 valence electrons. The minimum absolute atomic E-state index is 0.314. The molecule has 1 aromatic heterocycles. The first-order chi connectivity index (χ1) is 7.56. The van der Waals surface area contributed by atoms with Crippen LogP contribution in [0.1, 0.15) is 58.3 Å². The highest BCUT2D eigenvalue weighted by Crippen LogP contribution is 2.47. The minimum atomic E-state index is 0.314. The van der Waals surface area contributed by atoms with Gasteiger partial charge in [0.1, 0.15) is 5.82 Å². The summed E-state index contributed by atoms with van der Waals surface area (Å²) in [6.07, 6.45) is 5.78. The Morgan fingerprint density at radius 1 is 1.44 bits per heavy atom. The smallest absolute Gasteiger partial charge is 0.225 e. The van der Waals surface area contributed by atoms with E-state index in [1.54, 1.807) is 0 Å². The number of hydrogen-bond acceptors (Lipinski definition) is 2. The van der Waals surface area contributed by atoms with Crippen LogP contribution in [0.25, 0.3) is 0 Å². The lowest BCUT2D eigenvalue weighted by Crippen LogP contribution is -2.23. The van der Waals surface area contributed by atoms with Gasteiger partial charge in [-0.3, -0.25) is 4.57 Å². The summed E-state index contributed by atoms with van der Waals surface area (Å²) in [6.45, 7) is 6.79. The number of halogens is 1. The standard InChI is InChI=1S/C12H20ClN3/c1-4-6-10-14-15-11(13)16(10)9-7-5-8-12(9,2)3/h9H,4-8H2,1-3H3. The molecule has 0 radical (unpaired) electrons. The van der Waals surface area contributed by atoms with Crippen molar-refractivity contribution in [3.63, 3.8) is 0 Å². The summed E-state index contributed by atoms with van der Waals surface area (Å²) < 4.78 is 2.16. The Bertz CT molecular complexity index is 370. The van der Waals surface area contributed by atoms with Crippen molar-refractivity contribution in [2.24, 2.45) is 5.41 Å². The van der Waals surface area contributed by atoms with Crippen LogP contribution in [0.5, 0.6) is 0 Å². The van der Waals surface area contributed by atoms with Crippen LogP contribution in [0.3, 0.4) is 0 Å². The largest absolute Gasteiger partial charge is 0.298 e. The average molecular weight is 242 g/mol. The molecular weight excluding hydrogens is 222 g/mol. The fraction of sp³-hybridized carbons (Fsp3) is 0.833. The molecule has 4 heteroatoms. The predicted molar refractivity (Wildman–Crippen MR) is 65.7 cm³/mol. The second-order valence-corrected chi connectivity index (χ2v) is 5.74. The van der Waals surface area contributed by atoms with Crippen LogP contribution in [-0.4, -0.2) is 14.8 Å². The summed E-state index contributed by atoms with van der Waals surface area (Å²) in [6, 6.07) is 0.469. The molecule has 16 heavy (non-hydrogen) atoms. The van der Waals surface area contributed by atoms with Crippen molar-refractivity contribution in [1.82, 2.24) is 14.8 Å². The number of aromatic nitrogens is 3. The lowest BCUT2D eigenvalue weighted by Gasteiger charge is -2.29. The van der Waals surface area contributed by atoms with Crippen LogP contribution in [0.4, 0.5) is 0 Å². The normalized spacial score (nSPS) is 23.9. The van der Waals surface area contributed by atoms with Crippen molar-refractivity contribution in [1.29, 1.82) is 0 Å². The van der Waals surface area contributed by atoms with E-state index >= 15 is 0 Å². The molecule has 1 atom stereocenters. The van der Waals surface area contributed by atoms with Gasteiger partial charge in [-0.2, -0.15) is 0 Å². The van der Waals surface area contributed by atoms with Crippen LogP contribution < -0.4 is 0 Å². The topological polar surface area (TPSA) is 30.7 Å². The van der Waals surface area contributed by atoms with E-state index in [2.05, 4.69) is 35.5 Å². The lowest BCUT2D eigenvalue weighted by atomic mass is 9.87. The first-order valence-corrected chi connectivity index (χ1v) is 6.53. The Morgan fingerprint density at radius 3 is 2.75 bits per heavy atom. The Morgan fingerprint density at radius 2 is 2.19 bits per heavy atom. The van der Waals surface area contributed by atoms with E-state index in [4.69, 9.17) is 11.6 Å². The van der Waals surface area contributed by atoms with Crippen molar-refractivity contribution in [2.45, 2.75) is 58.9 Å². The van der Waals surface area contributed by atoms with Gasteiger partial charge in [0, 0.05) is 12.5 Å². The molecule has 0 saturated heterocycles. The number of aryl methyl sites for hydroxylation is 1. The van der Waals surface area contributed by atoms with Crippen molar-refractivity contribution in [3.8, 4) is 0 Å². The van der Waals surface area contributed by atoms with E-state index < -0.39 is 0 Å². The third kappa shape index (κ3) is 1.97. The SMILES string of the molecule is CCCc1nnc(Cl)n1C1CCCC1(C)C. The van der Waals surface area contributed by atoms with Crippen LogP contribution >= 0.6 is 11.6 Å². The number of rotatable bonds is 3. The summed E-state index contributed by atoms with van der Waals surface area (Å²) in [5.74, 6) is 1.05. The highest BCUT2D eigenvalue weighted by Gasteiger charge is 2.37. The van der Waals surface area contributed by atoms with Gasteiger partial charge in [0.15, 0.2) is 0 Å². The molecule has 0 amide bonds. The zero-order valence-electron chi connectivity index (χ0n) is 10.3. The molecule has 1 fully saturated rings. The second kappa shape index (κ2) is 4.36. The molecule has 3 nitrogen and oxygen atoms in total. The molecule has 0 N–H and O–H groups in total. The summed E-state index contributed by atoms with van der Waals surface area (Å²) in [7, 11) is 0. The monoisotopic (exact) mass is 241 g/mol. The quantitative estimate of drug-likeness (QED) is 0.809. The molecular formula is C12H20ClN3. The fourth-order valence-corrected chi connectivity index (χ4v) is 3.04. The van der Waals surface area contributed by atoms with E-state index in [1.165, 1.54) is 19.3 Å². The molecule has 0 aliphatic heterocycles. The molecule has 1 saturated carbocycles. The molecule has 1 aliphatic carbocycles. The highest BCUT2D eigenvalue weighted by molar-refractivity contribution is 6.28. The zero-order valence-corrected chi connectivity index (χ0v) is 11.1. The third-order valence-electron chi connectivity index (χ3n) is 3.71. The van der Waals surface area contributed by atoms with Gasteiger partial charge in [0.2, 0.25) is 5.28 Å². The van der Waals surface area contributed by atoms with Crippen molar-refractivity contribution < 1.29 is 0 Å². The zero-order chi connectivity index (χ0) is 11.8. The van der Waals surface area contributed by atoms with Gasteiger partial charge in [-0.05, 0) is 36.3 Å². The molecule has 0 bridgehead atoms. The second-order valence-electron chi connectivity index (χ2n) is 5.40. The Labute approximate surface area is 102 Å². The van der Waals surface area contributed by atoms with Crippen molar-refractivity contribution in [2.75, 3.05) is 0 Å². The summed E-state index contributed by atoms with van der Waals surface area (Å²) in [5.41, 5.74) is 0.314. The van der Waals surface area contributed by atoms with Crippen LogP contribution in [0.15, 0.2) is 0 Å². The summed E-state index contributed by atoms with van der Waals surface area (Å²) in [5, 5.41) is 8.78. The van der Waals surface area contributed by atoms with Crippen LogP contribution in [0, 0.1) is 5.41 Å². The maximum Gasteiger partial charge on any atom is 0.225 e. The van der Waals surface area contributed by atoms with E-state index in [9.17, 15) is 0 Å². The molecule has 0 spiro atoms. The van der Waals surface area contributed by atoms with E-state index in [-0.39, 0.29) is 0 Å². The van der Waals surface area contributed by atoms with Gasteiger partial charge >= 0.3 is 0 Å². The fourth-order valence-electron chi connectivity index (χ4n) is 2.79. The van der Waals surface area contributed by atoms with Gasteiger partial charge in [0.25, 0.3) is 0 Å². The predicted octanol–water partition coefficient (Wildman–Crippen LogP) is 3.64. The van der Waals surface area contributed by atoms with Crippen LogP contribution in [0.2, 0.25) is 5.28 Å². The number of nitrogens with zero attached hydrogens (tertiary/aromatic N) is 3. The summed E-state index contributed by atoms with van der Waals surface area (Å²) in [4.78, 5) is 0. The Balaban J connectivity index is 2.35. The molecule has 0 aromatic carbocycles. The Hall–Kier alpha value is -0.570. The van der Waals surface area contributed by atoms with Gasteiger partial charge in [-0.15, -0.1) is 10.2 Å². The van der Waals surface area contributed by atoms with Gasteiger partial charge in [0.05, 0.1) is 0 Å². The van der Waals surface area contributed by atoms with Gasteiger partial charge < -0.3 is 0 Å². The molecule has 2 rings (SSSR count). The van der Waals surface area contributed by atoms with Crippen molar-refractivity contribution >= 4 is 11.6 Å². The average Bonchev–Trinajstić information content (AvgIpc) is 2.71. The first kappa shape index (κ1) is 11.9. The third-order valence-corrected chi connectivity index (χ3v) is 3.97. The maximum absolute atomic E-state index is 6.18. The van der Waals surface area contributed by atoms with Gasteiger partial charge in [-0.1, -0.05) is 27.2 Å². The van der Waals surface area contributed by atoms with E-state index in [1.807, 2.05) is 0 Å². The first-order valence-electron chi connectivity index (χ1n) is 6.15. The molecule has 1 unspecified atom stereocenters. The lowest BCUT2D eigenvalue weighted by molar-refractivity contribution is 0.255. The molecule has 1 heterocycles. The van der Waals surface area contributed by atoms with Crippen molar-refractivity contribution in [3.05, 3.63) is 11.1 Å². The minimum Gasteiger partial charge on any atom is -0.298 e. The Kier molecular flexibility index (Phi) is 3.24. The van der Waals surface area contributed by atoms with E-state index in [0.29, 0.717) is 16.7 Å².